The monoisotopic (exact) mass is 365 g/mol. The second-order valence-corrected chi connectivity index (χ2v) is 7.03. The molecule has 1 aromatic rings. The maximum atomic E-state index is 13.8. The van der Waals surface area contributed by atoms with Crippen LogP contribution in [0.5, 0.6) is 0 Å². The molecular weight excluding hydrogens is 340 g/mol. The van der Waals surface area contributed by atoms with Crippen LogP contribution in [0, 0.1) is 17.6 Å². The first-order valence-corrected chi connectivity index (χ1v) is 9.27. The van der Waals surface area contributed by atoms with Gasteiger partial charge in [0, 0.05) is 38.7 Å². The van der Waals surface area contributed by atoms with Crippen LogP contribution in [-0.4, -0.2) is 60.9 Å². The molecular formula is C19H25F2N3O2. The van der Waals surface area contributed by atoms with Crippen molar-refractivity contribution in [2.75, 3.05) is 39.3 Å². The van der Waals surface area contributed by atoms with Crippen LogP contribution in [0.25, 0.3) is 0 Å². The number of benzene rings is 1. The van der Waals surface area contributed by atoms with E-state index in [0.717, 1.165) is 38.4 Å². The molecule has 0 unspecified atom stereocenters. The van der Waals surface area contributed by atoms with Gasteiger partial charge in [0.2, 0.25) is 5.91 Å². The lowest BCUT2D eigenvalue weighted by Crippen LogP contribution is -2.50. The molecule has 2 fully saturated rings. The SMILES string of the molecule is O=C(CCC1CCNCC1)N1CCN(C(=O)c2ccc(F)cc2F)CC1. The smallest absolute Gasteiger partial charge is 0.256 e. The minimum Gasteiger partial charge on any atom is -0.339 e. The summed E-state index contributed by atoms with van der Waals surface area (Å²) in [5.41, 5.74) is -0.128. The number of piperidine rings is 1. The maximum absolute atomic E-state index is 13.8. The van der Waals surface area contributed by atoms with E-state index in [2.05, 4.69) is 5.32 Å². The molecule has 7 heteroatoms. The van der Waals surface area contributed by atoms with E-state index in [4.69, 9.17) is 0 Å². The number of amides is 2. The lowest BCUT2D eigenvalue weighted by atomic mass is 9.93. The van der Waals surface area contributed by atoms with E-state index in [1.807, 2.05) is 0 Å². The van der Waals surface area contributed by atoms with Crippen molar-refractivity contribution in [1.82, 2.24) is 15.1 Å². The first-order chi connectivity index (χ1) is 12.5. The predicted molar refractivity (Wildman–Crippen MR) is 93.7 cm³/mol. The van der Waals surface area contributed by atoms with Gasteiger partial charge in [0.05, 0.1) is 5.56 Å². The average Bonchev–Trinajstić information content (AvgIpc) is 2.66. The molecule has 26 heavy (non-hydrogen) atoms. The number of hydrogen-bond donors (Lipinski definition) is 1. The minimum absolute atomic E-state index is 0.128. The Morgan fingerprint density at radius 3 is 2.35 bits per heavy atom. The van der Waals surface area contributed by atoms with Gasteiger partial charge in [0.15, 0.2) is 0 Å². The number of carbonyl (C=O) groups is 2. The van der Waals surface area contributed by atoms with E-state index in [1.54, 1.807) is 4.90 Å². The quantitative estimate of drug-likeness (QED) is 0.888. The molecule has 1 aromatic carbocycles. The molecule has 1 N–H and O–H groups in total. The van der Waals surface area contributed by atoms with Gasteiger partial charge < -0.3 is 15.1 Å². The molecule has 0 aromatic heterocycles. The molecule has 142 valence electrons. The van der Waals surface area contributed by atoms with Crippen molar-refractivity contribution in [1.29, 1.82) is 0 Å². The van der Waals surface area contributed by atoms with Crippen LogP contribution >= 0.6 is 0 Å². The molecule has 0 radical (unpaired) electrons. The second-order valence-electron chi connectivity index (χ2n) is 7.03. The maximum Gasteiger partial charge on any atom is 0.256 e. The summed E-state index contributed by atoms with van der Waals surface area (Å²) < 4.78 is 26.8. The fourth-order valence-electron chi connectivity index (χ4n) is 3.65. The van der Waals surface area contributed by atoms with Crippen molar-refractivity contribution in [3.8, 4) is 0 Å². The van der Waals surface area contributed by atoms with E-state index in [9.17, 15) is 18.4 Å². The van der Waals surface area contributed by atoms with E-state index in [1.165, 1.54) is 11.0 Å². The molecule has 2 amide bonds. The van der Waals surface area contributed by atoms with Crippen LogP contribution in [0.3, 0.4) is 0 Å². The fourth-order valence-corrected chi connectivity index (χ4v) is 3.65. The van der Waals surface area contributed by atoms with Gasteiger partial charge in [-0.3, -0.25) is 9.59 Å². The fraction of sp³-hybridized carbons (Fsp3) is 0.579. The van der Waals surface area contributed by atoms with E-state index >= 15 is 0 Å². The molecule has 0 bridgehead atoms. The highest BCUT2D eigenvalue weighted by molar-refractivity contribution is 5.94. The summed E-state index contributed by atoms with van der Waals surface area (Å²) in [5.74, 6) is -1.27. The molecule has 2 aliphatic heterocycles. The van der Waals surface area contributed by atoms with E-state index < -0.39 is 17.5 Å². The van der Waals surface area contributed by atoms with Gasteiger partial charge in [-0.05, 0) is 50.4 Å². The Morgan fingerprint density at radius 2 is 1.69 bits per heavy atom. The van der Waals surface area contributed by atoms with Crippen molar-refractivity contribution in [3.05, 3.63) is 35.4 Å². The molecule has 2 aliphatic rings. The van der Waals surface area contributed by atoms with E-state index in [-0.39, 0.29) is 11.5 Å². The third kappa shape index (κ3) is 4.58. The molecule has 0 atom stereocenters. The van der Waals surface area contributed by atoms with Crippen LogP contribution in [0.1, 0.15) is 36.0 Å². The number of rotatable bonds is 4. The Kier molecular flexibility index (Phi) is 6.19. The Labute approximate surface area is 152 Å². The summed E-state index contributed by atoms with van der Waals surface area (Å²) in [6.45, 7) is 3.71. The highest BCUT2D eigenvalue weighted by atomic mass is 19.1. The summed E-state index contributed by atoms with van der Waals surface area (Å²) in [5, 5.41) is 3.32. The minimum atomic E-state index is -0.851. The zero-order valence-corrected chi connectivity index (χ0v) is 14.8. The summed E-state index contributed by atoms with van der Waals surface area (Å²) in [4.78, 5) is 28.1. The van der Waals surface area contributed by atoms with Crippen LogP contribution in [0.2, 0.25) is 0 Å². The first kappa shape index (κ1) is 18.8. The third-order valence-corrected chi connectivity index (χ3v) is 5.31. The lowest BCUT2D eigenvalue weighted by molar-refractivity contribution is -0.133. The summed E-state index contributed by atoms with van der Waals surface area (Å²) in [6, 6.07) is 2.97. The number of halogens is 2. The Morgan fingerprint density at radius 1 is 1.04 bits per heavy atom. The van der Waals surface area contributed by atoms with Crippen molar-refractivity contribution >= 4 is 11.8 Å². The Bertz CT molecular complexity index is 654. The van der Waals surface area contributed by atoms with Crippen LogP contribution < -0.4 is 5.32 Å². The third-order valence-electron chi connectivity index (χ3n) is 5.31. The largest absolute Gasteiger partial charge is 0.339 e. The average molecular weight is 365 g/mol. The van der Waals surface area contributed by atoms with Gasteiger partial charge >= 0.3 is 0 Å². The standard InChI is InChI=1S/C19H25F2N3O2/c20-15-2-3-16(17(21)13-15)19(26)24-11-9-23(10-12-24)18(25)4-1-14-5-7-22-8-6-14/h2-3,13-14,22H,1,4-12H2. The van der Waals surface area contributed by atoms with Gasteiger partial charge in [-0.1, -0.05) is 0 Å². The van der Waals surface area contributed by atoms with E-state index in [0.29, 0.717) is 44.6 Å². The number of hydrogen-bond acceptors (Lipinski definition) is 3. The van der Waals surface area contributed by atoms with Gasteiger partial charge in [-0.15, -0.1) is 0 Å². The zero-order valence-electron chi connectivity index (χ0n) is 14.8. The lowest BCUT2D eigenvalue weighted by Gasteiger charge is -2.35. The van der Waals surface area contributed by atoms with Crippen molar-refractivity contribution < 1.29 is 18.4 Å². The molecule has 0 saturated carbocycles. The highest BCUT2D eigenvalue weighted by Gasteiger charge is 2.26. The van der Waals surface area contributed by atoms with Gasteiger partial charge in [0.25, 0.3) is 5.91 Å². The van der Waals surface area contributed by atoms with Gasteiger partial charge in [-0.2, -0.15) is 0 Å². The molecule has 0 aliphatic carbocycles. The molecule has 2 saturated heterocycles. The Hall–Kier alpha value is -2.02. The topological polar surface area (TPSA) is 52.7 Å². The Balaban J connectivity index is 1.47. The molecule has 2 heterocycles. The van der Waals surface area contributed by atoms with Gasteiger partial charge in [0.1, 0.15) is 11.6 Å². The summed E-state index contributed by atoms with van der Waals surface area (Å²) >= 11 is 0. The summed E-state index contributed by atoms with van der Waals surface area (Å²) in [7, 11) is 0. The number of carbonyl (C=O) groups excluding carboxylic acids is 2. The predicted octanol–water partition coefficient (Wildman–Crippen LogP) is 2.03. The van der Waals surface area contributed by atoms with Crippen LogP contribution in [0.4, 0.5) is 8.78 Å². The van der Waals surface area contributed by atoms with Crippen molar-refractivity contribution in [2.45, 2.75) is 25.7 Å². The van der Waals surface area contributed by atoms with Crippen LogP contribution in [-0.2, 0) is 4.79 Å². The zero-order chi connectivity index (χ0) is 18.5. The molecule has 0 spiro atoms. The van der Waals surface area contributed by atoms with Gasteiger partial charge in [-0.25, -0.2) is 8.78 Å². The molecule has 5 nitrogen and oxygen atoms in total. The second kappa shape index (κ2) is 8.58. The normalized spacial score (nSPS) is 18.8. The van der Waals surface area contributed by atoms with Crippen molar-refractivity contribution in [3.63, 3.8) is 0 Å². The summed E-state index contributed by atoms with van der Waals surface area (Å²) in [6.07, 6.45) is 3.71. The highest BCUT2D eigenvalue weighted by Crippen LogP contribution is 2.19. The first-order valence-electron chi connectivity index (χ1n) is 9.27. The number of nitrogens with zero attached hydrogens (tertiary/aromatic N) is 2. The van der Waals surface area contributed by atoms with Crippen molar-refractivity contribution in [2.24, 2.45) is 5.92 Å². The number of nitrogens with one attached hydrogen (secondary N) is 1. The number of piperazine rings is 1. The van der Waals surface area contributed by atoms with Crippen LogP contribution in [0.15, 0.2) is 18.2 Å². The molecule has 3 rings (SSSR count).